The molecule has 0 aliphatic carbocycles. The van der Waals surface area contributed by atoms with Crippen LogP contribution < -0.4 is 0 Å². The van der Waals surface area contributed by atoms with Crippen LogP contribution >= 0.6 is 11.6 Å². The van der Waals surface area contributed by atoms with Crippen LogP contribution in [-0.4, -0.2) is 37.2 Å². The van der Waals surface area contributed by atoms with E-state index in [1.54, 1.807) is 7.11 Å². The SMILES string of the molecule is COCCC[N+]1(C[C@H](C)c2ccc(Cl)cc2)C(=O)c2ccccc2[C@H]1C. The molecule has 1 aliphatic heterocycles. The van der Waals surface area contributed by atoms with Gasteiger partial charge in [-0.25, -0.2) is 9.28 Å². The number of benzene rings is 2. The molecule has 3 nitrogen and oxygen atoms in total. The highest BCUT2D eigenvalue weighted by atomic mass is 35.5. The first-order valence-electron chi connectivity index (χ1n) is 9.24. The summed E-state index contributed by atoms with van der Waals surface area (Å²) in [6.45, 7) is 6.62. The number of carbonyl (C=O) groups excluding carboxylic acids is 1. The molecule has 1 amide bonds. The van der Waals surface area contributed by atoms with Crippen molar-refractivity contribution in [2.24, 2.45) is 0 Å². The monoisotopic (exact) mass is 372 g/mol. The summed E-state index contributed by atoms with van der Waals surface area (Å²) in [6, 6.07) is 16.2. The number of rotatable bonds is 7. The second-order valence-electron chi connectivity index (χ2n) is 7.31. The van der Waals surface area contributed by atoms with Crippen LogP contribution in [0, 0.1) is 0 Å². The fraction of sp³-hybridized carbons (Fsp3) is 0.409. The van der Waals surface area contributed by atoms with E-state index in [0.29, 0.717) is 11.1 Å². The molecule has 3 rings (SSSR count). The van der Waals surface area contributed by atoms with E-state index < -0.39 is 0 Å². The molecule has 3 atom stereocenters. The number of methoxy groups -OCH3 is 1. The zero-order valence-electron chi connectivity index (χ0n) is 15.7. The van der Waals surface area contributed by atoms with Gasteiger partial charge in [0.05, 0.1) is 25.3 Å². The molecule has 1 aliphatic rings. The summed E-state index contributed by atoms with van der Waals surface area (Å²) in [5, 5.41) is 0.739. The smallest absolute Gasteiger partial charge is 0.346 e. The largest absolute Gasteiger partial charge is 0.384 e. The molecule has 0 radical (unpaired) electrons. The lowest BCUT2D eigenvalue weighted by Gasteiger charge is -2.38. The van der Waals surface area contributed by atoms with Gasteiger partial charge in [-0.3, -0.25) is 0 Å². The molecule has 2 aromatic rings. The van der Waals surface area contributed by atoms with Crippen LogP contribution in [0.3, 0.4) is 0 Å². The second-order valence-corrected chi connectivity index (χ2v) is 7.74. The van der Waals surface area contributed by atoms with Crippen molar-refractivity contribution < 1.29 is 14.0 Å². The third-order valence-electron chi connectivity index (χ3n) is 5.73. The van der Waals surface area contributed by atoms with E-state index in [0.717, 1.165) is 30.1 Å². The predicted octanol–water partition coefficient (Wildman–Crippen LogP) is 5.21. The van der Waals surface area contributed by atoms with Gasteiger partial charge < -0.3 is 4.74 Å². The normalized spacial score (nSPS) is 23.1. The van der Waals surface area contributed by atoms with Gasteiger partial charge in [-0.1, -0.05) is 48.9 Å². The van der Waals surface area contributed by atoms with Gasteiger partial charge >= 0.3 is 5.91 Å². The molecule has 0 N–H and O–H groups in total. The molecule has 0 spiro atoms. The van der Waals surface area contributed by atoms with Gasteiger partial charge in [-0.2, -0.15) is 0 Å². The minimum Gasteiger partial charge on any atom is -0.384 e. The maximum absolute atomic E-state index is 13.5. The third kappa shape index (κ3) is 3.44. The number of amides is 1. The Balaban J connectivity index is 1.92. The predicted molar refractivity (Wildman–Crippen MR) is 106 cm³/mol. The van der Waals surface area contributed by atoms with Crippen LogP contribution in [0.1, 0.15) is 53.7 Å². The first-order chi connectivity index (χ1) is 12.5. The Kier molecular flexibility index (Phi) is 5.81. The Morgan fingerprint density at radius 2 is 1.85 bits per heavy atom. The van der Waals surface area contributed by atoms with Crippen molar-refractivity contribution in [1.29, 1.82) is 0 Å². The van der Waals surface area contributed by atoms with Gasteiger partial charge in [-0.05, 0) is 30.7 Å². The van der Waals surface area contributed by atoms with Crippen molar-refractivity contribution in [3.8, 4) is 0 Å². The molecule has 138 valence electrons. The third-order valence-corrected chi connectivity index (χ3v) is 5.98. The summed E-state index contributed by atoms with van der Waals surface area (Å²) < 4.78 is 5.73. The van der Waals surface area contributed by atoms with E-state index in [4.69, 9.17) is 16.3 Å². The van der Waals surface area contributed by atoms with Gasteiger partial charge in [0.25, 0.3) is 0 Å². The van der Waals surface area contributed by atoms with Crippen molar-refractivity contribution in [3.05, 3.63) is 70.2 Å². The molecular formula is C22H27ClNO2+. The van der Waals surface area contributed by atoms with Crippen molar-refractivity contribution >= 4 is 17.5 Å². The lowest BCUT2D eigenvalue weighted by atomic mass is 9.98. The molecule has 26 heavy (non-hydrogen) atoms. The molecule has 1 unspecified atom stereocenters. The molecule has 4 heteroatoms. The fourth-order valence-corrected chi connectivity index (χ4v) is 4.37. The highest BCUT2D eigenvalue weighted by Crippen LogP contribution is 2.42. The minimum atomic E-state index is 0.158. The standard InChI is InChI=1S/C22H27ClNO2/c1-16(18-9-11-19(23)12-10-18)15-24(13-6-14-26-3)17(2)20-7-4-5-8-21(20)22(24)25/h4-5,7-12,16-17H,6,13-15H2,1-3H3/q+1/t16-,17+,24?/m0/s1. The Hall–Kier alpha value is -1.68. The van der Waals surface area contributed by atoms with E-state index in [2.05, 4.69) is 32.0 Å². The van der Waals surface area contributed by atoms with Crippen LogP contribution in [0.15, 0.2) is 48.5 Å². The Morgan fingerprint density at radius 3 is 2.50 bits per heavy atom. The summed E-state index contributed by atoms with van der Waals surface area (Å²) >= 11 is 6.03. The maximum Gasteiger partial charge on any atom is 0.346 e. The zero-order chi connectivity index (χ0) is 18.7. The van der Waals surface area contributed by atoms with Crippen LogP contribution in [0.4, 0.5) is 0 Å². The summed E-state index contributed by atoms with van der Waals surface area (Å²) in [4.78, 5) is 13.5. The van der Waals surface area contributed by atoms with Crippen molar-refractivity contribution in [1.82, 2.24) is 0 Å². The lowest BCUT2D eigenvalue weighted by Crippen LogP contribution is -2.53. The van der Waals surface area contributed by atoms with Crippen LogP contribution in [0.25, 0.3) is 0 Å². The van der Waals surface area contributed by atoms with E-state index in [1.165, 1.54) is 11.1 Å². The Labute approximate surface area is 161 Å². The fourth-order valence-electron chi connectivity index (χ4n) is 4.24. The number of nitrogens with zero attached hydrogens (tertiary/aromatic N) is 1. The Morgan fingerprint density at radius 1 is 1.15 bits per heavy atom. The van der Waals surface area contributed by atoms with E-state index in [9.17, 15) is 4.79 Å². The molecule has 0 saturated heterocycles. The molecule has 0 aromatic heterocycles. The zero-order valence-corrected chi connectivity index (χ0v) is 16.5. The number of halogens is 1. The van der Waals surface area contributed by atoms with Gasteiger partial charge in [0.15, 0.2) is 0 Å². The molecule has 0 saturated carbocycles. The topological polar surface area (TPSA) is 26.3 Å². The summed E-state index contributed by atoms with van der Waals surface area (Å²) in [7, 11) is 1.71. The quantitative estimate of drug-likeness (QED) is 0.492. The molecule has 0 fully saturated rings. The number of quaternary nitrogens is 1. The molecular weight excluding hydrogens is 346 g/mol. The van der Waals surface area contributed by atoms with E-state index in [-0.39, 0.29) is 17.9 Å². The van der Waals surface area contributed by atoms with Gasteiger partial charge in [0, 0.05) is 30.0 Å². The van der Waals surface area contributed by atoms with E-state index in [1.807, 2.05) is 30.3 Å². The molecule has 2 aromatic carbocycles. The van der Waals surface area contributed by atoms with Crippen molar-refractivity contribution in [2.75, 3.05) is 26.8 Å². The average Bonchev–Trinajstić information content (AvgIpc) is 2.85. The Bertz CT molecular complexity index is 774. The average molecular weight is 373 g/mol. The highest BCUT2D eigenvalue weighted by Gasteiger charge is 2.51. The number of hydrogen-bond donors (Lipinski definition) is 0. The number of ether oxygens (including phenoxy) is 1. The van der Waals surface area contributed by atoms with Crippen LogP contribution in [0.2, 0.25) is 5.02 Å². The van der Waals surface area contributed by atoms with Gasteiger partial charge in [0.1, 0.15) is 6.04 Å². The maximum atomic E-state index is 13.5. The molecule has 1 heterocycles. The summed E-state index contributed by atoms with van der Waals surface area (Å²) in [5.74, 6) is 0.501. The van der Waals surface area contributed by atoms with Crippen LogP contribution in [-0.2, 0) is 4.74 Å². The number of fused-ring (bicyclic) bond motifs is 1. The minimum absolute atomic E-state index is 0.158. The van der Waals surface area contributed by atoms with Crippen molar-refractivity contribution in [2.45, 2.75) is 32.2 Å². The molecule has 0 bridgehead atoms. The first-order valence-corrected chi connectivity index (χ1v) is 9.62. The van der Waals surface area contributed by atoms with Gasteiger partial charge in [0.2, 0.25) is 0 Å². The number of carbonyl (C=O) groups is 1. The summed E-state index contributed by atoms with van der Waals surface area (Å²) in [6.07, 6.45) is 0.869. The van der Waals surface area contributed by atoms with E-state index >= 15 is 0 Å². The lowest BCUT2D eigenvalue weighted by molar-refractivity contribution is -0.875. The number of hydrogen-bond acceptors (Lipinski definition) is 2. The first kappa shape index (κ1) is 19.1. The van der Waals surface area contributed by atoms with Gasteiger partial charge in [-0.15, -0.1) is 0 Å². The van der Waals surface area contributed by atoms with Crippen LogP contribution in [0.5, 0.6) is 0 Å². The summed E-state index contributed by atoms with van der Waals surface area (Å²) in [5.41, 5.74) is 3.26. The highest BCUT2D eigenvalue weighted by molar-refractivity contribution is 6.30. The second kappa shape index (κ2) is 7.91. The van der Waals surface area contributed by atoms with Crippen molar-refractivity contribution in [3.63, 3.8) is 0 Å².